The maximum atomic E-state index is 12.8. The molecule has 35 heavy (non-hydrogen) atoms. The minimum absolute atomic E-state index is 0.0675. The molecular formula is C27H25BrN2O5. The van der Waals surface area contributed by atoms with Crippen LogP contribution >= 0.6 is 15.9 Å². The highest BCUT2D eigenvalue weighted by Gasteiger charge is 2.33. The minimum atomic E-state index is -1.41. The van der Waals surface area contributed by atoms with Gasteiger partial charge in [-0.15, -0.1) is 0 Å². The van der Waals surface area contributed by atoms with E-state index in [-0.39, 0.29) is 24.5 Å². The van der Waals surface area contributed by atoms with Crippen molar-refractivity contribution in [2.75, 3.05) is 11.9 Å². The summed E-state index contributed by atoms with van der Waals surface area (Å²) in [4.78, 5) is 36.9. The van der Waals surface area contributed by atoms with Crippen LogP contribution in [0.25, 0.3) is 11.1 Å². The smallest absolute Gasteiger partial charge is 0.411 e. The number of halogens is 1. The van der Waals surface area contributed by atoms with Crippen molar-refractivity contribution in [3.63, 3.8) is 0 Å². The molecule has 3 aromatic rings. The number of rotatable bonds is 7. The first kappa shape index (κ1) is 24.5. The molecule has 3 aromatic carbocycles. The van der Waals surface area contributed by atoms with E-state index in [2.05, 4.69) is 38.7 Å². The summed E-state index contributed by atoms with van der Waals surface area (Å²) in [5, 5.41) is 14.6. The predicted octanol–water partition coefficient (Wildman–Crippen LogP) is 5.79. The number of benzene rings is 3. The number of anilines is 1. The van der Waals surface area contributed by atoms with Crippen molar-refractivity contribution < 1.29 is 24.2 Å². The number of aliphatic carboxylic acids is 1. The number of fused-ring (bicyclic) bond motifs is 3. The Kier molecular flexibility index (Phi) is 6.93. The zero-order valence-corrected chi connectivity index (χ0v) is 20.9. The van der Waals surface area contributed by atoms with Crippen molar-refractivity contribution in [3.8, 4) is 11.1 Å². The maximum absolute atomic E-state index is 12.8. The van der Waals surface area contributed by atoms with E-state index in [9.17, 15) is 19.5 Å². The predicted molar refractivity (Wildman–Crippen MR) is 137 cm³/mol. The fraction of sp³-hybridized carbons (Fsp3) is 0.222. The molecule has 0 fully saturated rings. The molecule has 0 saturated heterocycles. The average Bonchev–Trinajstić information content (AvgIpc) is 3.17. The van der Waals surface area contributed by atoms with Gasteiger partial charge in [0.05, 0.1) is 5.56 Å². The van der Waals surface area contributed by atoms with Crippen LogP contribution in [0.4, 0.5) is 10.5 Å². The van der Waals surface area contributed by atoms with Crippen LogP contribution in [-0.4, -0.2) is 35.2 Å². The van der Waals surface area contributed by atoms with E-state index < -0.39 is 23.5 Å². The Morgan fingerprint density at radius 1 is 1.00 bits per heavy atom. The van der Waals surface area contributed by atoms with Gasteiger partial charge >= 0.3 is 12.1 Å². The summed E-state index contributed by atoms with van der Waals surface area (Å²) in [6.07, 6.45) is -0.437. The summed E-state index contributed by atoms with van der Waals surface area (Å²) >= 11 is 3.32. The summed E-state index contributed by atoms with van der Waals surface area (Å²) in [6, 6.07) is 20.9. The van der Waals surface area contributed by atoms with E-state index in [0.29, 0.717) is 10.2 Å². The molecule has 0 aliphatic heterocycles. The Balaban J connectivity index is 1.45. The molecule has 1 unspecified atom stereocenters. The highest BCUT2D eigenvalue weighted by Crippen LogP contribution is 2.44. The van der Waals surface area contributed by atoms with Gasteiger partial charge in [0, 0.05) is 16.1 Å². The zero-order chi connectivity index (χ0) is 25.2. The topological polar surface area (TPSA) is 105 Å². The molecule has 0 radical (unpaired) electrons. The lowest BCUT2D eigenvalue weighted by Crippen LogP contribution is -2.51. The Bertz CT molecular complexity index is 1260. The van der Waals surface area contributed by atoms with Crippen LogP contribution < -0.4 is 10.6 Å². The summed E-state index contributed by atoms with van der Waals surface area (Å²) in [7, 11) is 0. The second kappa shape index (κ2) is 9.92. The number of carbonyl (C=O) groups excluding carboxylic acids is 2. The van der Waals surface area contributed by atoms with Crippen LogP contribution in [0.1, 0.15) is 47.7 Å². The minimum Gasteiger partial charge on any atom is -0.480 e. The van der Waals surface area contributed by atoms with Crippen molar-refractivity contribution in [1.29, 1.82) is 0 Å². The van der Waals surface area contributed by atoms with Gasteiger partial charge in [-0.25, -0.2) is 9.59 Å². The number of ether oxygens (including phenoxy) is 1. The van der Waals surface area contributed by atoms with Crippen LogP contribution in [0.3, 0.4) is 0 Å². The lowest BCUT2D eigenvalue weighted by Gasteiger charge is -2.25. The molecule has 0 saturated carbocycles. The summed E-state index contributed by atoms with van der Waals surface area (Å²) in [5.74, 6) is -1.76. The SMILES string of the molecule is CCC(C)(NC(=O)c1cc(NC(=O)OCC2c3ccccc3-c3ccccc32)ccc1Br)C(=O)O. The van der Waals surface area contributed by atoms with Crippen LogP contribution in [0.2, 0.25) is 0 Å². The Hall–Kier alpha value is -3.65. The lowest BCUT2D eigenvalue weighted by atomic mass is 9.98. The molecule has 2 amide bonds. The van der Waals surface area contributed by atoms with Crippen molar-refractivity contribution >= 4 is 39.6 Å². The zero-order valence-electron chi connectivity index (χ0n) is 19.3. The fourth-order valence-corrected chi connectivity index (χ4v) is 4.57. The van der Waals surface area contributed by atoms with Gasteiger partial charge in [0.25, 0.3) is 5.91 Å². The molecule has 1 atom stereocenters. The van der Waals surface area contributed by atoms with Gasteiger partial charge in [0.15, 0.2) is 0 Å². The molecule has 0 heterocycles. The van der Waals surface area contributed by atoms with E-state index in [4.69, 9.17) is 4.74 Å². The van der Waals surface area contributed by atoms with Gasteiger partial charge in [0.2, 0.25) is 0 Å². The second-order valence-electron chi connectivity index (χ2n) is 8.59. The molecular weight excluding hydrogens is 512 g/mol. The number of carboxylic acid groups (broad SMARTS) is 1. The van der Waals surface area contributed by atoms with E-state index in [0.717, 1.165) is 22.3 Å². The molecule has 7 nitrogen and oxygen atoms in total. The number of carboxylic acids is 1. The van der Waals surface area contributed by atoms with E-state index in [1.54, 1.807) is 19.1 Å². The van der Waals surface area contributed by atoms with Crippen LogP contribution in [0.5, 0.6) is 0 Å². The number of hydrogen-bond acceptors (Lipinski definition) is 4. The highest BCUT2D eigenvalue weighted by atomic mass is 79.9. The molecule has 180 valence electrons. The summed E-state index contributed by atoms with van der Waals surface area (Å²) in [6.45, 7) is 3.29. The van der Waals surface area contributed by atoms with Crippen molar-refractivity contribution in [2.45, 2.75) is 31.7 Å². The number of hydrogen-bond donors (Lipinski definition) is 3. The first-order valence-corrected chi connectivity index (χ1v) is 12.0. The first-order chi connectivity index (χ1) is 16.7. The number of carbonyl (C=O) groups is 3. The molecule has 0 aromatic heterocycles. The Labute approximate surface area is 211 Å². The second-order valence-corrected chi connectivity index (χ2v) is 9.44. The summed E-state index contributed by atoms with van der Waals surface area (Å²) in [5.41, 5.74) is 3.64. The van der Waals surface area contributed by atoms with Crippen LogP contribution in [0.15, 0.2) is 71.2 Å². The third kappa shape index (κ3) is 4.93. The van der Waals surface area contributed by atoms with Gasteiger partial charge < -0.3 is 15.2 Å². The van der Waals surface area contributed by atoms with Gasteiger partial charge in [-0.3, -0.25) is 10.1 Å². The molecule has 3 N–H and O–H groups in total. The number of nitrogens with one attached hydrogen (secondary N) is 2. The monoisotopic (exact) mass is 536 g/mol. The van der Waals surface area contributed by atoms with E-state index >= 15 is 0 Å². The van der Waals surface area contributed by atoms with E-state index in [1.807, 2.05) is 36.4 Å². The maximum Gasteiger partial charge on any atom is 0.411 e. The molecule has 1 aliphatic rings. The van der Waals surface area contributed by atoms with Crippen LogP contribution in [-0.2, 0) is 9.53 Å². The largest absolute Gasteiger partial charge is 0.480 e. The van der Waals surface area contributed by atoms with Crippen molar-refractivity contribution in [3.05, 3.63) is 87.9 Å². The molecule has 0 bridgehead atoms. The van der Waals surface area contributed by atoms with E-state index in [1.165, 1.54) is 13.0 Å². The molecule has 8 heteroatoms. The Morgan fingerprint density at radius 2 is 1.60 bits per heavy atom. The third-order valence-electron chi connectivity index (χ3n) is 6.37. The number of amides is 2. The van der Waals surface area contributed by atoms with Crippen molar-refractivity contribution in [2.24, 2.45) is 0 Å². The average molecular weight is 537 g/mol. The van der Waals surface area contributed by atoms with Crippen LogP contribution in [0, 0.1) is 0 Å². The quantitative estimate of drug-likeness (QED) is 0.354. The summed E-state index contributed by atoms with van der Waals surface area (Å²) < 4.78 is 6.03. The third-order valence-corrected chi connectivity index (χ3v) is 7.06. The molecule has 4 rings (SSSR count). The Morgan fingerprint density at radius 3 is 2.17 bits per heavy atom. The standard InChI is InChI=1S/C27H25BrN2O5/c1-3-27(2,25(32)33)30-24(31)21-14-16(12-13-23(21)28)29-26(34)35-15-22-19-10-6-4-8-17(19)18-9-5-7-11-20(18)22/h4-14,22H,3,15H2,1-2H3,(H,29,34)(H,30,31)(H,32,33). The van der Waals surface area contributed by atoms with Gasteiger partial charge in [0.1, 0.15) is 12.1 Å². The van der Waals surface area contributed by atoms with Gasteiger partial charge in [-0.05, 0) is 69.7 Å². The molecule has 0 spiro atoms. The lowest BCUT2D eigenvalue weighted by molar-refractivity contribution is -0.143. The van der Waals surface area contributed by atoms with Crippen molar-refractivity contribution in [1.82, 2.24) is 5.32 Å². The fourth-order valence-electron chi connectivity index (χ4n) is 4.14. The van der Waals surface area contributed by atoms with Gasteiger partial charge in [-0.1, -0.05) is 55.5 Å². The van der Waals surface area contributed by atoms with Gasteiger partial charge in [-0.2, -0.15) is 0 Å². The highest BCUT2D eigenvalue weighted by molar-refractivity contribution is 9.10. The normalized spacial score (nSPS) is 13.8. The first-order valence-electron chi connectivity index (χ1n) is 11.2. The molecule has 1 aliphatic carbocycles.